The minimum Gasteiger partial charge on any atom is -0.370 e. The molecule has 0 unspecified atom stereocenters. The molecule has 1 heterocycles. The second kappa shape index (κ2) is 8.92. The van der Waals surface area contributed by atoms with E-state index in [2.05, 4.69) is 5.32 Å². The number of hydrogen-bond acceptors (Lipinski definition) is 5. The summed E-state index contributed by atoms with van der Waals surface area (Å²) < 4.78 is 19.5. The SMILES string of the molecule is CC(C)CN(C)[C@H](C(N)=O)C(=O)Nc1ccc(N2CCOCC2=O)cc1F. The van der Waals surface area contributed by atoms with E-state index in [4.69, 9.17) is 10.5 Å². The van der Waals surface area contributed by atoms with Crippen LogP contribution in [0.1, 0.15) is 13.8 Å². The smallest absolute Gasteiger partial charge is 0.253 e. The van der Waals surface area contributed by atoms with E-state index < -0.39 is 23.7 Å². The molecule has 1 aromatic rings. The van der Waals surface area contributed by atoms with Crippen molar-refractivity contribution in [2.75, 3.05) is 43.6 Å². The Hall–Kier alpha value is -2.52. The quantitative estimate of drug-likeness (QED) is 0.673. The first kappa shape index (κ1) is 20.8. The van der Waals surface area contributed by atoms with E-state index in [1.807, 2.05) is 13.8 Å². The number of hydrogen-bond donors (Lipinski definition) is 2. The highest BCUT2D eigenvalue weighted by Crippen LogP contribution is 2.23. The van der Waals surface area contributed by atoms with Gasteiger partial charge in [0.2, 0.25) is 5.91 Å². The highest BCUT2D eigenvalue weighted by molar-refractivity contribution is 6.09. The summed E-state index contributed by atoms with van der Waals surface area (Å²) >= 11 is 0. The molecule has 1 saturated heterocycles. The normalized spacial score (nSPS) is 15.9. The number of benzene rings is 1. The number of nitrogens with one attached hydrogen (secondary N) is 1. The van der Waals surface area contributed by atoms with Crippen LogP contribution in [-0.2, 0) is 19.1 Å². The Morgan fingerprint density at radius 3 is 2.67 bits per heavy atom. The summed E-state index contributed by atoms with van der Waals surface area (Å²) in [6.07, 6.45) is 0. The molecule has 1 aromatic carbocycles. The number of rotatable bonds is 7. The fourth-order valence-electron chi connectivity index (χ4n) is 2.99. The third-order valence-electron chi connectivity index (χ3n) is 4.12. The predicted octanol–water partition coefficient (Wildman–Crippen LogP) is 0.569. The Balaban J connectivity index is 2.14. The molecule has 0 aromatic heterocycles. The molecule has 2 rings (SSSR count). The molecule has 3 N–H and O–H groups in total. The van der Waals surface area contributed by atoms with Gasteiger partial charge in [-0.3, -0.25) is 19.3 Å². The molecule has 0 spiro atoms. The standard InChI is InChI=1S/C18H25FN4O4/c1-11(2)9-22(3)16(17(20)25)18(26)21-14-5-4-12(8-13(14)19)23-6-7-27-10-15(23)24/h4-5,8,11,16H,6-7,9-10H2,1-3H3,(H2,20,25)(H,21,26)/t16-/m1/s1. The Morgan fingerprint density at radius 1 is 1.41 bits per heavy atom. The molecule has 0 saturated carbocycles. The first-order valence-corrected chi connectivity index (χ1v) is 8.68. The Bertz CT molecular complexity index is 725. The summed E-state index contributed by atoms with van der Waals surface area (Å²) in [5, 5.41) is 2.40. The lowest BCUT2D eigenvalue weighted by atomic mass is 10.1. The zero-order chi connectivity index (χ0) is 20.1. The Labute approximate surface area is 157 Å². The zero-order valence-corrected chi connectivity index (χ0v) is 15.7. The van der Waals surface area contributed by atoms with Crippen LogP contribution >= 0.6 is 0 Å². The molecule has 0 aliphatic carbocycles. The van der Waals surface area contributed by atoms with Gasteiger partial charge in [0.15, 0.2) is 6.04 Å². The molecule has 9 heteroatoms. The van der Waals surface area contributed by atoms with E-state index in [0.717, 1.165) is 6.07 Å². The average Bonchev–Trinajstić information content (AvgIpc) is 2.56. The third kappa shape index (κ3) is 5.24. The fourth-order valence-corrected chi connectivity index (χ4v) is 2.99. The summed E-state index contributed by atoms with van der Waals surface area (Å²) in [6.45, 7) is 5.00. The van der Waals surface area contributed by atoms with Crippen LogP contribution in [0.25, 0.3) is 0 Å². The molecule has 1 fully saturated rings. The molecule has 1 aliphatic rings. The molecule has 27 heavy (non-hydrogen) atoms. The monoisotopic (exact) mass is 380 g/mol. The van der Waals surface area contributed by atoms with E-state index in [-0.39, 0.29) is 24.1 Å². The molecular weight excluding hydrogens is 355 g/mol. The lowest BCUT2D eigenvalue weighted by molar-refractivity contribution is -0.132. The van der Waals surface area contributed by atoms with Crippen molar-refractivity contribution in [2.24, 2.45) is 11.7 Å². The molecule has 8 nitrogen and oxygen atoms in total. The van der Waals surface area contributed by atoms with E-state index in [1.165, 1.54) is 21.9 Å². The summed E-state index contributed by atoms with van der Waals surface area (Å²) in [7, 11) is 1.61. The number of primary amides is 1. The molecule has 0 bridgehead atoms. The summed E-state index contributed by atoms with van der Waals surface area (Å²) in [4.78, 5) is 39.0. The predicted molar refractivity (Wildman–Crippen MR) is 98.7 cm³/mol. The second-order valence-electron chi connectivity index (χ2n) is 6.89. The molecule has 1 atom stereocenters. The van der Waals surface area contributed by atoms with Gasteiger partial charge in [-0.2, -0.15) is 0 Å². The van der Waals surface area contributed by atoms with Crippen LogP contribution in [0.3, 0.4) is 0 Å². The van der Waals surface area contributed by atoms with E-state index in [1.54, 1.807) is 7.05 Å². The van der Waals surface area contributed by atoms with Crippen molar-refractivity contribution in [3.63, 3.8) is 0 Å². The van der Waals surface area contributed by atoms with Crippen molar-refractivity contribution in [3.05, 3.63) is 24.0 Å². The highest BCUT2D eigenvalue weighted by Gasteiger charge is 2.30. The number of likely N-dealkylation sites (N-methyl/N-ethyl adjacent to an activating group) is 1. The topological polar surface area (TPSA) is 105 Å². The van der Waals surface area contributed by atoms with Gasteiger partial charge >= 0.3 is 0 Å². The number of carbonyl (C=O) groups excluding carboxylic acids is 3. The lowest BCUT2D eigenvalue weighted by Crippen LogP contribution is -2.51. The van der Waals surface area contributed by atoms with Gasteiger partial charge in [-0.25, -0.2) is 4.39 Å². The van der Waals surface area contributed by atoms with Crippen molar-refractivity contribution >= 4 is 29.1 Å². The number of nitrogens with zero attached hydrogens (tertiary/aromatic N) is 2. The summed E-state index contributed by atoms with van der Waals surface area (Å²) in [6, 6.07) is 2.83. The van der Waals surface area contributed by atoms with Gasteiger partial charge < -0.3 is 20.7 Å². The number of amides is 3. The maximum atomic E-state index is 14.5. The Morgan fingerprint density at radius 2 is 2.11 bits per heavy atom. The van der Waals surface area contributed by atoms with Crippen LogP contribution in [-0.4, -0.2) is 62.0 Å². The number of halogens is 1. The zero-order valence-electron chi connectivity index (χ0n) is 15.7. The molecule has 0 radical (unpaired) electrons. The van der Waals surface area contributed by atoms with Crippen LogP contribution < -0.4 is 16.0 Å². The minimum absolute atomic E-state index is 0.0530. The van der Waals surface area contributed by atoms with Crippen LogP contribution in [0.4, 0.5) is 15.8 Å². The fraction of sp³-hybridized carbons (Fsp3) is 0.500. The van der Waals surface area contributed by atoms with Crippen LogP contribution in [0.15, 0.2) is 18.2 Å². The van der Waals surface area contributed by atoms with Gasteiger partial charge in [0.25, 0.3) is 11.8 Å². The average molecular weight is 380 g/mol. The molecule has 148 valence electrons. The van der Waals surface area contributed by atoms with Crippen molar-refractivity contribution in [2.45, 2.75) is 19.9 Å². The molecular formula is C18H25FN4O4. The number of morpholine rings is 1. The third-order valence-corrected chi connectivity index (χ3v) is 4.12. The van der Waals surface area contributed by atoms with Gasteiger partial charge in [0.05, 0.1) is 12.3 Å². The van der Waals surface area contributed by atoms with Gasteiger partial charge in [-0.1, -0.05) is 13.8 Å². The maximum absolute atomic E-state index is 14.5. The maximum Gasteiger partial charge on any atom is 0.253 e. The molecule has 3 amide bonds. The number of nitrogens with two attached hydrogens (primary N) is 1. The highest BCUT2D eigenvalue weighted by atomic mass is 19.1. The van der Waals surface area contributed by atoms with Crippen molar-refractivity contribution in [3.8, 4) is 0 Å². The van der Waals surface area contributed by atoms with E-state index in [9.17, 15) is 18.8 Å². The minimum atomic E-state index is -1.22. The summed E-state index contributed by atoms with van der Waals surface area (Å²) in [5.74, 6) is -2.28. The second-order valence-corrected chi connectivity index (χ2v) is 6.89. The van der Waals surface area contributed by atoms with Crippen molar-refractivity contribution in [1.29, 1.82) is 0 Å². The Kier molecular flexibility index (Phi) is 6.86. The van der Waals surface area contributed by atoms with Crippen LogP contribution in [0.2, 0.25) is 0 Å². The van der Waals surface area contributed by atoms with Crippen molar-refractivity contribution in [1.82, 2.24) is 4.90 Å². The van der Waals surface area contributed by atoms with Gasteiger partial charge in [0.1, 0.15) is 12.4 Å². The number of carbonyl (C=O) groups is 3. The van der Waals surface area contributed by atoms with E-state index >= 15 is 0 Å². The van der Waals surface area contributed by atoms with Gasteiger partial charge in [0, 0.05) is 18.8 Å². The van der Waals surface area contributed by atoms with Crippen LogP contribution in [0.5, 0.6) is 0 Å². The van der Waals surface area contributed by atoms with Crippen molar-refractivity contribution < 1.29 is 23.5 Å². The first-order valence-electron chi connectivity index (χ1n) is 8.68. The first-order chi connectivity index (χ1) is 12.7. The van der Waals surface area contributed by atoms with Gasteiger partial charge in [-0.15, -0.1) is 0 Å². The summed E-state index contributed by atoms with van der Waals surface area (Å²) in [5.41, 5.74) is 5.64. The molecule has 1 aliphatic heterocycles. The lowest BCUT2D eigenvalue weighted by Gasteiger charge is -2.27. The van der Waals surface area contributed by atoms with E-state index in [0.29, 0.717) is 25.4 Å². The largest absolute Gasteiger partial charge is 0.370 e. The van der Waals surface area contributed by atoms with Gasteiger partial charge in [-0.05, 0) is 31.2 Å². The number of ether oxygens (including phenoxy) is 1. The van der Waals surface area contributed by atoms with Crippen LogP contribution in [0, 0.1) is 11.7 Å². The number of anilines is 2.